The molecule has 0 aliphatic carbocycles. The number of ketones is 1. The maximum Gasteiger partial charge on any atom is 0.353 e. The lowest BCUT2D eigenvalue weighted by atomic mass is 9.79. The molecule has 2 amide bonds. The average molecular weight is 474 g/mol. The van der Waals surface area contributed by atoms with Crippen LogP contribution >= 0.6 is 11.8 Å². The molecule has 4 N–H and O–H groups in total. The van der Waals surface area contributed by atoms with Crippen molar-refractivity contribution in [3.63, 3.8) is 0 Å². The van der Waals surface area contributed by atoms with E-state index in [0.29, 0.717) is 29.1 Å². The number of aliphatic hydroxyl groups is 1. The van der Waals surface area contributed by atoms with Crippen molar-refractivity contribution in [1.82, 2.24) is 10.2 Å². The van der Waals surface area contributed by atoms with Gasteiger partial charge in [0.15, 0.2) is 5.78 Å². The zero-order valence-corrected chi connectivity index (χ0v) is 19.4. The molecular weight excluding hydrogens is 446 g/mol. The van der Waals surface area contributed by atoms with Gasteiger partial charge < -0.3 is 25.7 Å². The van der Waals surface area contributed by atoms with Gasteiger partial charge in [-0.1, -0.05) is 19.1 Å². The molecule has 6 atom stereocenters. The van der Waals surface area contributed by atoms with Crippen LogP contribution in [0.2, 0.25) is 0 Å². The van der Waals surface area contributed by atoms with Gasteiger partial charge in [0.25, 0.3) is 0 Å². The lowest BCUT2D eigenvalue weighted by Crippen LogP contribution is -2.63. The first kappa shape index (κ1) is 23.5. The van der Waals surface area contributed by atoms with Crippen molar-refractivity contribution < 1.29 is 29.4 Å². The number of rotatable bonds is 7. The van der Waals surface area contributed by atoms with Crippen molar-refractivity contribution in [3.8, 4) is 0 Å². The summed E-state index contributed by atoms with van der Waals surface area (Å²) in [6, 6.07) is 5.93. The molecule has 0 aromatic heterocycles. The molecule has 4 rings (SSSR count). The van der Waals surface area contributed by atoms with Crippen molar-refractivity contribution in [2.24, 2.45) is 11.8 Å². The maximum absolute atomic E-state index is 12.7. The summed E-state index contributed by atoms with van der Waals surface area (Å²) in [4.78, 5) is 50.7. The first-order valence-corrected chi connectivity index (χ1v) is 11.8. The number of Topliss-reactive ketones (excluding diaryl/α,β-unsaturated/α-hetero) is 1. The van der Waals surface area contributed by atoms with E-state index in [1.54, 1.807) is 31.2 Å². The quantitative estimate of drug-likeness (QED) is 0.345. The second-order valence-corrected chi connectivity index (χ2v) is 10.2. The summed E-state index contributed by atoms with van der Waals surface area (Å²) in [7, 11) is 0. The number of fused-ring (bicyclic) bond motifs is 1. The number of aliphatic hydroxyl groups excluding tert-OH is 1. The molecule has 10 heteroatoms. The number of thioether (sulfide) groups is 1. The van der Waals surface area contributed by atoms with E-state index < -0.39 is 24.0 Å². The number of amides is 2. The predicted octanol–water partition coefficient (Wildman–Crippen LogP) is 1.45. The molecule has 0 spiro atoms. The zero-order chi connectivity index (χ0) is 24.0. The van der Waals surface area contributed by atoms with Crippen LogP contribution in [0.15, 0.2) is 34.9 Å². The first-order chi connectivity index (χ1) is 15.6. The molecule has 9 nitrogen and oxygen atoms in total. The monoisotopic (exact) mass is 473 g/mol. The minimum atomic E-state index is -1.16. The lowest BCUT2D eigenvalue weighted by molar-refractivity contribution is -0.163. The van der Waals surface area contributed by atoms with Crippen LogP contribution < -0.4 is 10.6 Å². The molecule has 3 aliphatic heterocycles. The molecule has 3 heterocycles. The molecule has 3 aliphatic rings. The zero-order valence-electron chi connectivity index (χ0n) is 18.6. The number of carbonyl (C=O) groups is 4. The van der Waals surface area contributed by atoms with Crippen LogP contribution in [-0.2, 0) is 14.4 Å². The smallest absolute Gasteiger partial charge is 0.353 e. The number of carbonyl (C=O) groups excluding carboxylic acids is 3. The molecule has 2 fully saturated rings. The van der Waals surface area contributed by atoms with Gasteiger partial charge in [0, 0.05) is 33.9 Å². The molecule has 0 saturated carbocycles. The van der Waals surface area contributed by atoms with E-state index in [1.807, 2.05) is 6.92 Å². The normalized spacial score (nSPS) is 29.5. The number of hydrogen-bond donors (Lipinski definition) is 4. The van der Waals surface area contributed by atoms with E-state index in [0.717, 1.165) is 0 Å². The highest BCUT2D eigenvalue weighted by Crippen LogP contribution is 2.51. The third kappa shape index (κ3) is 4.18. The van der Waals surface area contributed by atoms with E-state index in [1.165, 1.54) is 23.6 Å². The van der Waals surface area contributed by atoms with Gasteiger partial charge in [0.2, 0.25) is 11.8 Å². The van der Waals surface area contributed by atoms with Crippen LogP contribution in [0.25, 0.3) is 0 Å². The first-order valence-electron chi connectivity index (χ1n) is 10.9. The molecule has 0 radical (unpaired) electrons. The summed E-state index contributed by atoms with van der Waals surface area (Å²) in [5, 5.41) is 25.7. The van der Waals surface area contributed by atoms with Crippen molar-refractivity contribution in [2.45, 2.75) is 50.6 Å². The SMILES string of the molecule is CC(=O)c1cccc(NC(=O)[C@@H]2C[C@H](SC3=C(C(=O)O)N4C(=O)[C@H]([C@@H](C)O)C4C3C)CN2)c1. The van der Waals surface area contributed by atoms with Gasteiger partial charge in [-0.15, -0.1) is 11.8 Å². The van der Waals surface area contributed by atoms with Crippen molar-refractivity contribution >= 4 is 41.0 Å². The summed E-state index contributed by atoms with van der Waals surface area (Å²) >= 11 is 1.39. The Hall–Kier alpha value is -2.69. The highest BCUT2D eigenvalue weighted by Gasteiger charge is 2.60. The highest BCUT2D eigenvalue weighted by molar-refractivity contribution is 8.03. The Balaban J connectivity index is 1.43. The van der Waals surface area contributed by atoms with Crippen LogP contribution in [0.1, 0.15) is 37.6 Å². The Morgan fingerprint density at radius 3 is 2.67 bits per heavy atom. The molecule has 176 valence electrons. The van der Waals surface area contributed by atoms with Crippen LogP contribution in [0, 0.1) is 11.8 Å². The second kappa shape index (κ2) is 8.92. The van der Waals surface area contributed by atoms with E-state index in [2.05, 4.69) is 10.6 Å². The number of hydrogen-bond acceptors (Lipinski definition) is 7. The van der Waals surface area contributed by atoms with Gasteiger partial charge in [0.1, 0.15) is 5.70 Å². The Morgan fingerprint density at radius 1 is 1.30 bits per heavy atom. The van der Waals surface area contributed by atoms with E-state index >= 15 is 0 Å². The van der Waals surface area contributed by atoms with Gasteiger partial charge in [-0.05, 0) is 32.4 Å². The third-order valence-corrected chi connectivity index (χ3v) is 8.06. The molecule has 1 aromatic rings. The molecule has 33 heavy (non-hydrogen) atoms. The Kier molecular flexibility index (Phi) is 6.35. The van der Waals surface area contributed by atoms with Crippen LogP contribution in [0.4, 0.5) is 5.69 Å². The maximum atomic E-state index is 12.7. The lowest BCUT2D eigenvalue weighted by Gasteiger charge is -2.46. The minimum absolute atomic E-state index is 0.00616. The summed E-state index contributed by atoms with van der Waals surface area (Å²) < 4.78 is 0. The number of aliphatic carboxylic acids is 1. The van der Waals surface area contributed by atoms with Gasteiger partial charge in [-0.3, -0.25) is 14.4 Å². The van der Waals surface area contributed by atoms with Gasteiger partial charge in [-0.25, -0.2) is 4.79 Å². The number of nitrogens with zero attached hydrogens (tertiary/aromatic N) is 1. The van der Waals surface area contributed by atoms with Crippen LogP contribution in [-0.4, -0.2) is 68.7 Å². The second-order valence-electron chi connectivity index (χ2n) is 8.83. The number of β-lactam (4-membered cyclic amide) rings is 1. The average Bonchev–Trinajstić information content (AvgIpc) is 3.30. The van der Waals surface area contributed by atoms with E-state index in [-0.39, 0.29) is 40.5 Å². The van der Waals surface area contributed by atoms with Crippen LogP contribution in [0.3, 0.4) is 0 Å². The van der Waals surface area contributed by atoms with E-state index in [4.69, 9.17) is 0 Å². The standard InChI is InChI=1S/C23H27N3O6S/c1-10-18-17(12(3)28)22(30)26(18)19(23(31)32)20(10)33-15-8-16(24-9-15)21(29)25-14-6-4-5-13(7-14)11(2)27/h4-7,10,12,15-18,24,28H,8-9H2,1-3H3,(H,25,29)(H,31,32)/t10?,12-,15+,16+,17-,18?/m1/s1. The fourth-order valence-electron chi connectivity index (χ4n) is 4.90. The minimum Gasteiger partial charge on any atom is -0.477 e. The van der Waals surface area contributed by atoms with Crippen molar-refractivity contribution in [1.29, 1.82) is 0 Å². The Labute approximate surface area is 195 Å². The molecule has 1 aromatic carbocycles. The third-order valence-electron chi connectivity index (χ3n) is 6.55. The molecule has 0 bridgehead atoms. The highest BCUT2D eigenvalue weighted by atomic mass is 32.2. The Morgan fingerprint density at radius 2 is 2.03 bits per heavy atom. The number of carboxylic acids is 1. The fourth-order valence-corrected chi connectivity index (χ4v) is 6.38. The number of carboxylic acid groups (broad SMARTS) is 1. The fraction of sp³-hybridized carbons (Fsp3) is 0.478. The largest absolute Gasteiger partial charge is 0.477 e. The molecule has 2 saturated heterocycles. The number of benzene rings is 1. The summed E-state index contributed by atoms with van der Waals surface area (Å²) in [6.45, 7) is 5.41. The van der Waals surface area contributed by atoms with E-state index in [9.17, 15) is 29.4 Å². The number of nitrogens with one attached hydrogen (secondary N) is 2. The topological polar surface area (TPSA) is 136 Å². The van der Waals surface area contributed by atoms with Gasteiger partial charge >= 0.3 is 5.97 Å². The molecule has 2 unspecified atom stereocenters. The Bertz CT molecular complexity index is 1050. The number of anilines is 1. The predicted molar refractivity (Wildman–Crippen MR) is 122 cm³/mol. The van der Waals surface area contributed by atoms with Gasteiger partial charge in [-0.2, -0.15) is 0 Å². The van der Waals surface area contributed by atoms with Crippen molar-refractivity contribution in [3.05, 3.63) is 40.4 Å². The summed E-state index contributed by atoms with van der Waals surface area (Å²) in [5.41, 5.74) is 1.05. The van der Waals surface area contributed by atoms with Gasteiger partial charge in [0.05, 0.1) is 24.1 Å². The summed E-state index contributed by atoms with van der Waals surface area (Å²) in [5.74, 6) is -2.63. The summed E-state index contributed by atoms with van der Waals surface area (Å²) in [6.07, 6.45) is -0.354. The van der Waals surface area contributed by atoms with Crippen molar-refractivity contribution in [2.75, 3.05) is 11.9 Å². The van der Waals surface area contributed by atoms with Crippen LogP contribution in [0.5, 0.6) is 0 Å². The molecular formula is C23H27N3O6S.